The number of anilines is 1. The highest BCUT2D eigenvalue weighted by atomic mass is 32.2. The van der Waals surface area contributed by atoms with Crippen LogP contribution >= 0.6 is 11.8 Å². The molecule has 0 radical (unpaired) electrons. The molecule has 0 spiro atoms. The van der Waals surface area contributed by atoms with Crippen molar-refractivity contribution in [2.24, 2.45) is 0 Å². The third kappa shape index (κ3) is 5.42. The van der Waals surface area contributed by atoms with Crippen LogP contribution < -0.4 is 5.32 Å². The van der Waals surface area contributed by atoms with Crippen molar-refractivity contribution in [1.82, 2.24) is 14.5 Å². The van der Waals surface area contributed by atoms with Crippen molar-refractivity contribution in [3.05, 3.63) is 54.1 Å². The summed E-state index contributed by atoms with van der Waals surface area (Å²) in [6, 6.07) is 12.4. The number of para-hydroxylation sites is 3. The van der Waals surface area contributed by atoms with Crippen molar-refractivity contribution in [3.63, 3.8) is 0 Å². The highest BCUT2D eigenvalue weighted by Gasteiger charge is 2.33. The molecule has 3 rings (SSSR count). The number of benzene rings is 2. The molecule has 0 unspecified atom stereocenters. The van der Waals surface area contributed by atoms with E-state index < -0.39 is 17.6 Å². The summed E-state index contributed by atoms with van der Waals surface area (Å²) in [5.41, 5.74) is 0.538. The minimum atomic E-state index is -4.59. The Labute approximate surface area is 187 Å². The second-order valence-corrected chi connectivity index (χ2v) is 7.86. The molecular weight excluding hydrogens is 441 g/mol. The highest BCUT2D eigenvalue weighted by molar-refractivity contribution is 7.99. The zero-order chi connectivity index (χ0) is 23.3. The number of aromatic nitrogens is 2. The second-order valence-electron chi connectivity index (χ2n) is 6.92. The Morgan fingerprint density at radius 1 is 1.09 bits per heavy atom. The fourth-order valence-corrected chi connectivity index (χ4v) is 4.25. The van der Waals surface area contributed by atoms with Crippen molar-refractivity contribution in [2.45, 2.75) is 31.7 Å². The predicted molar refractivity (Wildman–Crippen MR) is 118 cm³/mol. The summed E-state index contributed by atoms with van der Waals surface area (Å²) < 4.78 is 41.4. The van der Waals surface area contributed by atoms with Crippen LogP contribution in [-0.2, 0) is 22.3 Å². The molecular formula is C22H23F3N4O2S. The van der Waals surface area contributed by atoms with Gasteiger partial charge in [0.2, 0.25) is 11.8 Å². The molecule has 0 saturated carbocycles. The standard InChI is InChI=1S/C22H23F3N4O2S/c1-3-28(13-19(30)26-16-10-6-5-9-15(16)22(23,24)25)20(31)14-32-21-27-17-11-7-8-12-18(17)29(21)4-2/h5-12H,3-4,13-14H2,1-2H3,(H,26,30). The van der Waals surface area contributed by atoms with Crippen LogP contribution in [0.3, 0.4) is 0 Å². The molecule has 3 aromatic rings. The number of nitrogens with zero attached hydrogens (tertiary/aromatic N) is 3. The normalized spacial score (nSPS) is 11.5. The molecule has 1 aromatic heterocycles. The van der Waals surface area contributed by atoms with Gasteiger partial charge in [-0.2, -0.15) is 13.2 Å². The van der Waals surface area contributed by atoms with E-state index >= 15 is 0 Å². The van der Waals surface area contributed by atoms with Crippen LogP contribution in [0.25, 0.3) is 11.0 Å². The number of likely N-dealkylation sites (N-methyl/N-ethyl adjacent to an activating group) is 1. The molecule has 32 heavy (non-hydrogen) atoms. The molecule has 0 aliphatic heterocycles. The third-order valence-corrected chi connectivity index (χ3v) is 5.80. The third-order valence-electron chi connectivity index (χ3n) is 4.84. The first-order valence-electron chi connectivity index (χ1n) is 10.1. The number of carbonyl (C=O) groups excluding carboxylic acids is 2. The smallest absolute Gasteiger partial charge is 0.333 e. The number of alkyl halides is 3. The Kier molecular flexibility index (Phi) is 7.44. The van der Waals surface area contributed by atoms with E-state index in [9.17, 15) is 22.8 Å². The van der Waals surface area contributed by atoms with Crippen molar-refractivity contribution < 1.29 is 22.8 Å². The average molecular weight is 465 g/mol. The highest BCUT2D eigenvalue weighted by Crippen LogP contribution is 2.34. The van der Waals surface area contributed by atoms with E-state index in [2.05, 4.69) is 10.3 Å². The van der Waals surface area contributed by atoms with Crippen LogP contribution in [0, 0.1) is 0 Å². The van der Waals surface area contributed by atoms with Crippen LogP contribution in [0.2, 0.25) is 0 Å². The van der Waals surface area contributed by atoms with E-state index in [1.54, 1.807) is 6.92 Å². The van der Waals surface area contributed by atoms with Gasteiger partial charge in [0, 0.05) is 13.1 Å². The van der Waals surface area contributed by atoms with E-state index in [-0.39, 0.29) is 30.4 Å². The van der Waals surface area contributed by atoms with Gasteiger partial charge in [0.25, 0.3) is 0 Å². The first kappa shape index (κ1) is 23.6. The summed E-state index contributed by atoms with van der Waals surface area (Å²) in [6.45, 7) is 4.29. The number of nitrogens with one attached hydrogen (secondary N) is 1. The first-order valence-corrected chi connectivity index (χ1v) is 11.0. The van der Waals surface area contributed by atoms with Crippen LogP contribution in [0.5, 0.6) is 0 Å². The molecule has 0 fully saturated rings. The van der Waals surface area contributed by atoms with Crippen LogP contribution in [0.1, 0.15) is 19.4 Å². The van der Waals surface area contributed by atoms with Gasteiger partial charge in [0.1, 0.15) is 0 Å². The van der Waals surface area contributed by atoms with Gasteiger partial charge in [0.15, 0.2) is 5.16 Å². The SMILES string of the molecule is CCN(CC(=O)Nc1ccccc1C(F)(F)F)C(=O)CSc1nc2ccccc2n1CC. The van der Waals surface area contributed by atoms with Gasteiger partial charge < -0.3 is 14.8 Å². The van der Waals surface area contributed by atoms with E-state index in [0.717, 1.165) is 17.1 Å². The number of fused-ring (bicyclic) bond motifs is 1. The molecule has 170 valence electrons. The molecule has 2 amide bonds. The maximum absolute atomic E-state index is 13.1. The Balaban J connectivity index is 1.64. The number of imidazole rings is 1. The molecule has 0 atom stereocenters. The van der Waals surface area contributed by atoms with E-state index in [4.69, 9.17) is 0 Å². The predicted octanol–water partition coefficient (Wildman–Crippen LogP) is 4.65. The zero-order valence-corrected chi connectivity index (χ0v) is 18.5. The van der Waals surface area contributed by atoms with Gasteiger partial charge in [-0.25, -0.2) is 4.98 Å². The molecule has 6 nitrogen and oxygen atoms in total. The van der Waals surface area contributed by atoms with Crippen LogP contribution in [-0.4, -0.2) is 45.1 Å². The lowest BCUT2D eigenvalue weighted by Gasteiger charge is -2.21. The summed E-state index contributed by atoms with van der Waals surface area (Å²) in [5.74, 6) is -0.932. The van der Waals surface area contributed by atoms with Gasteiger partial charge in [-0.05, 0) is 38.1 Å². The fraction of sp³-hybridized carbons (Fsp3) is 0.318. The molecule has 0 aliphatic rings. The van der Waals surface area contributed by atoms with Crippen molar-refractivity contribution in [1.29, 1.82) is 0 Å². The van der Waals surface area contributed by atoms with Gasteiger partial charge in [0.05, 0.1) is 34.6 Å². The van der Waals surface area contributed by atoms with Crippen molar-refractivity contribution in [2.75, 3.05) is 24.2 Å². The number of hydrogen-bond donors (Lipinski definition) is 1. The van der Waals surface area contributed by atoms with E-state index in [0.29, 0.717) is 11.7 Å². The summed E-state index contributed by atoms with van der Waals surface area (Å²) in [5, 5.41) is 2.97. The van der Waals surface area contributed by atoms with Crippen LogP contribution in [0.15, 0.2) is 53.7 Å². The van der Waals surface area contributed by atoms with Gasteiger partial charge >= 0.3 is 6.18 Å². The Morgan fingerprint density at radius 2 is 1.78 bits per heavy atom. The topological polar surface area (TPSA) is 67.2 Å². The summed E-state index contributed by atoms with van der Waals surface area (Å²) in [4.78, 5) is 30.9. The Bertz CT molecular complexity index is 1110. The summed E-state index contributed by atoms with van der Waals surface area (Å²) in [7, 11) is 0. The number of halogens is 3. The number of carbonyl (C=O) groups is 2. The van der Waals surface area contributed by atoms with E-state index in [1.807, 2.05) is 35.8 Å². The number of thioether (sulfide) groups is 1. The summed E-state index contributed by atoms with van der Waals surface area (Å²) in [6.07, 6.45) is -4.59. The minimum Gasteiger partial charge on any atom is -0.333 e. The molecule has 1 heterocycles. The molecule has 0 bridgehead atoms. The lowest BCUT2D eigenvalue weighted by molar-refractivity contribution is -0.137. The lowest BCUT2D eigenvalue weighted by Crippen LogP contribution is -2.39. The zero-order valence-electron chi connectivity index (χ0n) is 17.6. The number of hydrogen-bond acceptors (Lipinski definition) is 4. The first-order chi connectivity index (χ1) is 15.2. The largest absolute Gasteiger partial charge is 0.418 e. The van der Waals surface area contributed by atoms with Crippen LogP contribution in [0.4, 0.5) is 18.9 Å². The Hall–Kier alpha value is -3.01. The molecule has 1 N–H and O–H groups in total. The Morgan fingerprint density at radius 3 is 2.47 bits per heavy atom. The molecule has 2 aromatic carbocycles. The lowest BCUT2D eigenvalue weighted by atomic mass is 10.1. The second kappa shape index (κ2) is 10.1. The fourth-order valence-electron chi connectivity index (χ4n) is 3.27. The summed E-state index contributed by atoms with van der Waals surface area (Å²) >= 11 is 1.27. The van der Waals surface area contributed by atoms with Gasteiger partial charge in [-0.1, -0.05) is 36.0 Å². The maximum atomic E-state index is 13.1. The maximum Gasteiger partial charge on any atom is 0.418 e. The van der Waals surface area contributed by atoms with Crippen molar-refractivity contribution in [3.8, 4) is 0 Å². The van der Waals surface area contributed by atoms with Gasteiger partial charge in [-0.15, -0.1) is 0 Å². The average Bonchev–Trinajstić information content (AvgIpc) is 3.12. The number of amides is 2. The monoisotopic (exact) mass is 464 g/mol. The molecule has 0 aliphatic carbocycles. The van der Waals surface area contributed by atoms with Crippen molar-refractivity contribution >= 4 is 40.3 Å². The quantitative estimate of drug-likeness (QED) is 0.493. The number of aryl methyl sites for hydroxylation is 1. The van der Waals surface area contributed by atoms with Gasteiger partial charge in [-0.3, -0.25) is 9.59 Å². The van der Waals surface area contributed by atoms with E-state index in [1.165, 1.54) is 34.9 Å². The molecule has 10 heteroatoms. The number of rotatable bonds is 8. The molecule has 0 saturated heterocycles. The minimum absolute atomic E-state index is 0.0591.